The van der Waals surface area contributed by atoms with Crippen molar-refractivity contribution in [1.82, 2.24) is 10.2 Å². The fourth-order valence-corrected chi connectivity index (χ4v) is 6.63. The number of anilines is 1. The van der Waals surface area contributed by atoms with Gasteiger partial charge in [-0.2, -0.15) is 0 Å². The second kappa shape index (κ2) is 15.6. The molecule has 0 aromatic heterocycles. The van der Waals surface area contributed by atoms with E-state index < -0.39 is 28.5 Å². The zero-order chi connectivity index (χ0) is 33.3. The second-order valence-electron chi connectivity index (χ2n) is 10.6. The standard InChI is InChI=1S/C35H38ClN3O6S/c1-5-37-35(41)31(21-26-11-7-6-8-12-26)38(23-27-13-9-10-14-30(27)36)34(40)24-39(28-17-15-25(2)16-18-28)46(42,43)29-19-20-32(44-3)33(22-29)45-4/h6-20,22,31H,5,21,23-24H2,1-4H3,(H,37,41). The first-order chi connectivity index (χ1) is 22.1. The minimum atomic E-state index is -4.33. The molecule has 0 saturated carbocycles. The Morgan fingerprint density at radius 1 is 0.870 bits per heavy atom. The van der Waals surface area contributed by atoms with Gasteiger partial charge in [0.15, 0.2) is 11.5 Å². The van der Waals surface area contributed by atoms with Crippen LogP contribution in [0, 0.1) is 6.92 Å². The Kier molecular flexibility index (Phi) is 11.7. The summed E-state index contributed by atoms with van der Waals surface area (Å²) in [7, 11) is -1.46. The Morgan fingerprint density at radius 3 is 2.15 bits per heavy atom. The number of likely N-dealkylation sites (N-methyl/N-ethyl adjacent to an activating group) is 1. The highest BCUT2D eigenvalue weighted by atomic mass is 35.5. The predicted molar refractivity (Wildman–Crippen MR) is 180 cm³/mol. The fourth-order valence-electron chi connectivity index (χ4n) is 5.00. The van der Waals surface area contributed by atoms with E-state index in [4.69, 9.17) is 21.1 Å². The van der Waals surface area contributed by atoms with E-state index in [2.05, 4.69) is 5.32 Å². The van der Waals surface area contributed by atoms with Crippen LogP contribution in [0.3, 0.4) is 0 Å². The van der Waals surface area contributed by atoms with Gasteiger partial charge in [0.05, 0.1) is 24.8 Å². The van der Waals surface area contributed by atoms with E-state index in [0.717, 1.165) is 15.4 Å². The van der Waals surface area contributed by atoms with Crippen molar-refractivity contribution in [1.29, 1.82) is 0 Å². The molecule has 242 valence electrons. The summed E-state index contributed by atoms with van der Waals surface area (Å²) in [6, 6.07) is 26.5. The molecule has 1 unspecified atom stereocenters. The number of carbonyl (C=O) groups excluding carboxylic acids is 2. The topological polar surface area (TPSA) is 105 Å². The lowest BCUT2D eigenvalue weighted by atomic mass is 10.0. The monoisotopic (exact) mass is 663 g/mol. The lowest BCUT2D eigenvalue weighted by Gasteiger charge is -2.34. The number of carbonyl (C=O) groups is 2. The van der Waals surface area contributed by atoms with E-state index in [1.807, 2.05) is 37.3 Å². The maximum atomic E-state index is 14.5. The Morgan fingerprint density at radius 2 is 1.52 bits per heavy atom. The fraction of sp³-hybridized carbons (Fsp3) is 0.257. The number of nitrogens with zero attached hydrogens (tertiary/aromatic N) is 2. The van der Waals surface area contributed by atoms with Crippen LogP contribution in [0.1, 0.15) is 23.6 Å². The minimum absolute atomic E-state index is 0.0225. The second-order valence-corrected chi connectivity index (χ2v) is 12.8. The van der Waals surface area contributed by atoms with E-state index in [0.29, 0.717) is 22.9 Å². The van der Waals surface area contributed by atoms with Crippen LogP contribution in [0.25, 0.3) is 0 Å². The summed E-state index contributed by atoms with van der Waals surface area (Å²) in [5.74, 6) is -0.373. The molecule has 0 radical (unpaired) electrons. The molecule has 9 nitrogen and oxygen atoms in total. The first-order valence-electron chi connectivity index (χ1n) is 14.7. The van der Waals surface area contributed by atoms with Crippen molar-refractivity contribution in [3.63, 3.8) is 0 Å². The van der Waals surface area contributed by atoms with Crippen LogP contribution in [-0.4, -0.2) is 58.5 Å². The first-order valence-corrected chi connectivity index (χ1v) is 16.6. The Balaban J connectivity index is 1.82. The average molecular weight is 664 g/mol. The van der Waals surface area contributed by atoms with Gasteiger partial charge in [0.2, 0.25) is 11.8 Å². The molecular formula is C35H38ClN3O6S. The van der Waals surface area contributed by atoms with Crippen molar-refractivity contribution < 1.29 is 27.5 Å². The summed E-state index contributed by atoms with van der Waals surface area (Å²) in [5, 5.41) is 3.27. The van der Waals surface area contributed by atoms with Crippen LogP contribution in [0.4, 0.5) is 5.69 Å². The molecule has 11 heteroatoms. The molecule has 0 spiro atoms. The lowest BCUT2D eigenvalue weighted by molar-refractivity contribution is -0.140. The first kappa shape index (κ1) is 34.3. The summed E-state index contributed by atoms with van der Waals surface area (Å²) >= 11 is 6.53. The smallest absolute Gasteiger partial charge is 0.264 e. The highest BCUT2D eigenvalue weighted by Gasteiger charge is 2.35. The van der Waals surface area contributed by atoms with Crippen molar-refractivity contribution >= 4 is 39.1 Å². The molecule has 0 saturated heterocycles. The molecule has 46 heavy (non-hydrogen) atoms. The van der Waals surface area contributed by atoms with Crippen LogP contribution >= 0.6 is 11.6 Å². The van der Waals surface area contributed by atoms with E-state index in [1.54, 1.807) is 55.5 Å². The van der Waals surface area contributed by atoms with Crippen LogP contribution in [0.2, 0.25) is 5.02 Å². The minimum Gasteiger partial charge on any atom is -0.493 e. The van der Waals surface area contributed by atoms with Gasteiger partial charge in [0.25, 0.3) is 10.0 Å². The zero-order valence-electron chi connectivity index (χ0n) is 26.3. The van der Waals surface area contributed by atoms with Gasteiger partial charge in [0.1, 0.15) is 12.6 Å². The van der Waals surface area contributed by atoms with Crippen molar-refractivity contribution in [2.24, 2.45) is 0 Å². The number of aryl methyl sites for hydroxylation is 1. The number of sulfonamides is 1. The number of nitrogens with one attached hydrogen (secondary N) is 1. The van der Waals surface area contributed by atoms with E-state index in [-0.39, 0.29) is 35.2 Å². The van der Waals surface area contributed by atoms with Crippen molar-refractivity contribution in [2.45, 2.75) is 37.8 Å². The van der Waals surface area contributed by atoms with Crippen molar-refractivity contribution in [2.75, 3.05) is 31.6 Å². The number of hydrogen-bond acceptors (Lipinski definition) is 6. The number of hydrogen-bond donors (Lipinski definition) is 1. The number of amides is 2. The lowest BCUT2D eigenvalue weighted by Crippen LogP contribution is -2.53. The third-order valence-corrected chi connectivity index (χ3v) is 9.60. The van der Waals surface area contributed by atoms with Gasteiger partial charge < -0.3 is 19.7 Å². The van der Waals surface area contributed by atoms with Crippen LogP contribution in [0.5, 0.6) is 11.5 Å². The van der Waals surface area contributed by atoms with Gasteiger partial charge >= 0.3 is 0 Å². The molecule has 0 aliphatic carbocycles. The molecule has 2 amide bonds. The van der Waals surface area contributed by atoms with Gasteiger partial charge in [-0.05, 0) is 55.3 Å². The molecule has 0 aliphatic rings. The molecular weight excluding hydrogens is 626 g/mol. The molecule has 1 atom stereocenters. The summed E-state index contributed by atoms with van der Waals surface area (Å²) < 4.78 is 40.3. The third-order valence-electron chi connectivity index (χ3n) is 7.46. The predicted octanol–water partition coefficient (Wildman–Crippen LogP) is 5.64. The quantitative estimate of drug-likeness (QED) is 0.187. The number of rotatable bonds is 14. The van der Waals surface area contributed by atoms with Gasteiger partial charge in [-0.25, -0.2) is 8.42 Å². The van der Waals surface area contributed by atoms with E-state index >= 15 is 0 Å². The summed E-state index contributed by atoms with van der Waals surface area (Å²) in [6.45, 7) is 3.42. The van der Waals surface area contributed by atoms with Gasteiger partial charge in [-0.15, -0.1) is 0 Å². The molecule has 1 N–H and O–H groups in total. The summed E-state index contributed by atoms with van der Waals surface area (Å²) in [5.41, 5.74) is 2.65. The highest BCUT2D eigenvalue weighted by Crippen LogP contribution is 2.32. The van der Waals surface area contributed by atoms with Gasteiger partial charge in [-0.3, -0.25) is 13.9 Å². The normalized spacial score (nSPS) is 11.8. The third kappa shape index (κ3) is 8.18. The maximum absolute atomic E-state index is 14.5. The number of ether oxygens (including phenoxy) is 2. The van der Waals surface area contributed by atoms with Gasteiger partial charge in [-0.1, -0.05) is 77.8 Å². The molecule has 4 aromatic carbocycles. The molecule has 0 aliphatic heterocycles. The van der Waals surface area contributed by atoms with Crippen LogP contribution in [0.15, 0.2) is 102 Å². The molecule has 4 rings (SSSR count). The highest BCUT2D eigenvalue weighted by molar-refractivity contribution is 7.92. The number of benzene rings is 4. The van der Waals surface area contributed by atoms with Crippen molar-refractivity contribution in [3.8, 4) is 11.5 Å². The Hall–Kier alpha value is -4.54. The van der Waals surface area contributed by atoms with E-state index in [1.165, 1.54) is 37.3 Å². The van der Waals surface area contributed by atoms with E-state index in [9.17, 15) is 18.0 Å². The molecule has 0 fully saturated rings. The maximum Gasteiger partial charge on any atom is 0.264 e. The Labute approximate surface area is 275 Å². The summed E-state index contributed by atoms with van der Waals surface area (Å²) in [4.78, 5) is 29.4. The molecule has 0 bridgehead atoms. The van der Waals surface area contributed by atoms with Crippen molar-refractivity contribution in [3.05, 3.63) is 119 Å². The SMILES string of the molecule is CCNC(=O)C(Cc1ccccc1)N(Cc1ccccc1Cl)C(=O)CN(c1ccc(C)cc1)S(=O)(=O)c1ccc(OC)c(OC)c1. The number of halogens is 1. The van der Waals surface area contributed by atoms with Gasteiger partial charge in [0, 0.05) is 30.6 Å². The van der Waals surface area contributed by atoms with Crippen LogP contribution in [-0.2, 0) is 32.6 Å². The largest absolute Gasteiger partial charge is 0.493 e. The summed E-state index contributed by atoms with van der Waals surface area (Å²) in [6.07, 6.45) is 0.204. The number of methoxy groups -OCH3 is 2. The van der Waals surface area contributed by atoms with Crippen LogP contribution < -0.4 is 19.1 Å². The molecule has 4 aromatic rings. The zero-order valence-corrected chi connectivity index (χ0v) is 27.8. The Bertz CT molecular complexity index is 1750. The average Bonchev–Trinajstić information content (AvgIpc) is 3.06. The molecule has 0 heterocycles.